The summed E-state index contributed by atoms with van der Waals surface area (Å²) in [6.45, 7) is 3.58. The first-order valence-electron chi connectivity index (χ1n) is 7.18. The normalized spacial score (nSPS) is 30.0. The monoisotopic (exact) mass is 309 g/mol. The van der Waals surface area contributed by atoms with Gasteiger partial charge >= 0.3 is 5.97 Å². The highest BCUT2D eigenvalue weighted by Crippen LogP contribution is 2.43. The summed E-state index contributed by atoms with van der Waals surface area (Å²) >= 11 is 1.56. The Labute approximate surface area is 127 Å². The smallest absolute Gasteiger partial charge is 0.311 e. The molecule has 1 N–H and O–H groups in total. The minimum atomic E-state index is -0.816. The van der Waals surface area contributed by atoms with Gasteiger partial charge in [-0.25, -0.2) is 0 Å². The van der Waals surface area contributed by atoms with Crippen molar-refractivity contribution < 1.29 is 19.4 Å². The maximum Gasteiger partial charge on any atom is 0.311 e. The second-order valence-electron chi connectivity index (χ2n) is 5.94. The zero-order chi connectivity index (χ0) is 15.0. The third-order valence-corrected chi connectivity index (χ3v) is 5.84. The highest BCUT2D eigenvalue weighted by Gasteiger charge is 2.55. The van der Waals surface area contributed by atoms with Crippen LogP contribution in [0.25, 0.3) is 0 Å². The zero-order valence-electron chi connectivity index (χ0n) is 11.9. The van der Waals surface area contributed by atoms with Gasteiger partial charge in [-0.3, -0.25) is 9.59 Å². The maximum absolute atomic E-state index is 12.7. The predicted octanol–water partition coefficient (Wildman–Crippen LogP) is 1.80. The highest BCUT2D eigenvalue weighted by atomic mass is 32.1. The van der Waals surface area contributed by atoms with Crippen molar-refractivity contribution in [1.29, 1.82) is 0 Å². The van der Waals surface area contributed by atoms with Gasteiger partial charge in [0.1, 0.15) is 0 Å². The first-order chi connectivity index (χ1) is 10.0. The fourth-order valence-corrected chi connectivity index (χ4v) is 4.18. The number of carbonyl (C=O) groups excluding carboxylic acids is 1. The molecule has 0 aromatic carbocycles. The number of nitrogens with zero attached hydrogens (tertiary/aromatic N) is 1. The number of carboxylic acids is 1. The molecule has 3 heterocycles. The van der Waals surface area contributed by atoms with Crippen LogP contribution in [0.15, 0.2) is 17.5 Å². The lowest BCUT2D eigenvalue weighted by Gasteiger charge is -2.33. The molecule has 1 aromatic heterocycles. The van der Waals surface area contributed by atoms with Crippen LogP contribution in [-0.2, 0) is 14.3 Å². The molecular weight excluding hydrogens is 290 g/mol. The van der Waals surface area contributed by atoms with E-state index in [1.165, 1.54) is 0 Å². The van der Waals surface area contributed by atoms with Crippen molar-refractivity contribution in [1.82, 2.24) is 4.90 Å². The fourth-order valence-electron chi connectivity index (χ4n) is 3.40. The first kappa shape index (κ1) is 14.5. The number of aliphatic carboxylic acids is 1. The van der Waals surface area contributed by atoms with Crippen LogP contribution >= 0.6 is 11.3 Å². The molecule has 0 aliphatic carbocycles. The lowest BCUT2D eigenvalue weighted by atomic mass is 9.74. The minimum absolute atomic E-state index is 0.0208. The topological polar surface area (TPSA) is 66.8 Å². The maximum atomic E-state index is 12.7. The summed E-state index contributed by atoms with van der Waals surface area (Å²) in [7, 11) is 0. The lowest BCUT2D eigenvalue weighted by Crippen LogP contribution is -2.45. The number of amides is 1. The van der Waals surface area contributed by atoms with Crippen molar-refractivity contribution in [2.24, 2.45) is 11.3 Å². The number of carbonyl (C=O) groups is 2. The first-order valence-corrected chi connectivity index (χ1v) is 8.06. The van der Waals surface area contributed by atoms with Gasteiger partial charge in [0.15, 0.2) is 0 Å². The molecule has 0 radical (unpaired) electrons. The van der Waals surface area contributed by atoms with Crippen molar-refractivity contribution in [2.45, 2.75) is 19.3 Å². The van der Waals surface area contributed by atoms with E-state index >= 15 is 0 Å². The number of hydrogen-bond acceptors (Lipinski definition) is 4. The van der Waals surface area contributed by atoms with Crippen LogP contribution in [-0.4, -0.2) is 48.2 Å². The van der Waals surface area contributed by atoms with E-state index in [0.717, 1.165) is 4.88 Å². The predicted molar refractivity (Wildman–Crippen MR) is 78.3 cm³/mol. The number of ether oxygens (including phenoxy) is 1. The zero-order valence-corrected chi connectivity index (χ0v) is 12.8. The largest absolute Gasteiger partial charge is 0.481 e. The Morgan fingerprint density at radius 2 is 2.38 bits per heavy atom. The summed E-state index contributed by atoms with van der Waals surface area (Å²) in [5.74, 6) is -1.08. The third-order valence-electron chi connectivity index (χ3n) is 4.78. The van der Waals surface area contributed by atoms with E-state index in [9.17, 15) is 14.7 Å². The molecule has 114 valence electrons. The molecule has 2 saturated heterocycles. The molecule has 3 atom stereocenters. The van der Waals surface area contributed by atoms with Crippen LogP contribution < -0.4 is 0 Å². The Morgan fingerprint density at radius 1 is 1.57 bits per heavy atom. The summed E-state index contributed by atoms with van der Waals surface area (Å²) in [6.07, 6.45) is 0.490. The summed E-state index contributed by atoms with van der Waals surface area (Å²) in [4.78, 5) is 27.1. The van der Waals surface area contributed by atoms with Gasteiger partial charge in [-0.05, 0) is 24.8 Å². The van der Waals surface area contributed by atoms with Crippen LogP contribution in [0, 0.1) is 11.3 Å². The minimum Gasteiger partial charge on any atom is -0.481 e. The van der Waals surface area contributed by atoms with Crippen molar-refractivity contribution in [3.8, 4) is 0 Å². The Bertz CT molecular complexity index is 544. The summed E-state index contributed by atoms with van der Waals surface area (Å²) in [5.41, 5.74) is -0.816. The highest BCUT2D eigenvalue weighted by molar-refractivity contribution is 7.10. The van der Waals surface area contributed by atoms with E-state index in [2.05, 4.69) is 0 Å². The van der Waals surface area contributed by atoms with Crippen LogP contribution in [0.5, 0.6) is 0 Å². The van der Waals surface area contributed by atoms with Gasteiger partial charge in [0, 0.05) is 30.5 Å². The van der Waals surface area contributed by atoms with Gasteiger partial charge < -0.3 is 14.7 Å². The van der Waals surface area contributed by atoms with E-state index in [-0.39, 0.29) is 17.7 Å². The second-order valence-corrected chi connectivity index (χ2v) is 6.92. The van der Waals surface area contributed by atoms with Crippen molar-refractivity contribution in [2.75, 3.05) is 26.3 Å². The van der Waals surface area contributed by atoms with Gasteiger partial charge in [-0.1, -0.05) is 6.07 Å². The number of hydrogen-bond donors (Lipinski definition) is 1. The van der Waals surface area contributed by atoms with E-state index in [0.29, 0.717) is 32.7 Å². The average molecular weight is 309 g/mol. The van der Waals surface area contributed by atoms with Gasteiger partial charge in [-0.2, -0.15) is 0 Å². The summed E-state index contributed by atoms with van der Waals surface area (Å²) in [6, 6.07) is 3.88. The molecule has 0 spiro atoms. The standard InChI is InChI=1S/C15H19NO4S/c1-10(12-3-2-6-21-12)13(17)16-7-11-8-20-5-4-15(11,9-16)14(18)19/h2-3,6,10-11H,4-5,7-9H2,1H3,(H,18,19)/t10?,11-,15+/m0/s1. The second kappa shape index (κ2) is 5.42. The summed E-state index contributed by atoms with van der Waals surface area (Å²) in [5, 5.41) is 11.6. The molecule has 3 rings (SSSR count). The van der Waals surface area contributed by atoms with Crippen LogP contribution in [0.4, 0.5) is 0 Å². The number of likely N-dealkylation sites (tertiary alicyclic amines) is 1. The van der Waals surface area contributed by atoms with Gasteiger partial charge in [0.05, 0.1) is 17.9 Å². The molecule has 0 saturated carbocycles. The molecule has 1 unspecified atom stereocenters. The van der Waals surface area contributed by atoms with E-state index < -0.39 is 11.4 Å². The molecule has 2 fully saturated rings. The Hall–Kier alpha value is -1.40. The molecule has 2 aliphatic heterocycles. The van der Waals surface area contributed by atoms with Crippen molar-refractivity contribution >= 4 is 23.2 Å². The third kappa shape index (κ3) is 2.36. The Balaban J connectivity index is 1.79. The van der Waals surface area contributed by atoms with E-state index in [1.54, 1.807) is 16.2 Å². The number of rotatable bonds is 3. The van der Waals surface area contributed by atoms with Crippen molar-refractivity contribution in [3.63, 3.8) is 0 Å². The molecule has 1 amide bonds. The van der Waals surface area contributed by atoms with E-state index in [4.69, 9.17) is 4.74 Å². The lowest BCUT2D eigenvalue weighted by molar-refractivity contribution is -0.157. The fraction of sp³-hybridized carbons (Fsp3) is 0.600. The molecule has 6 heteroatoms. The molecule has 0 bridgehead atoms. The number of carboxylic acid groups (broad SMARTS) is 1. The molecule has 1 aromatic rings. The molecular formula is C15H19NO4S. The van der Waals surface area contributed by atoms with E-state index in [1.807, 2.05) is 24.4 Å². The molecule has 2 aliphatic rings. The van der Waals surface area contributed by atoms with Crippen LogP contribution in [0.3, 0.4) is 0 Å². The molecule has 5 nitrogen and oxygen atoms in total. The van der Waals surface area contributed by atoms with Crippen LogP contribution in [0.1, 0.15) is 24.1 Å². The van der Waals surface area contributed by atoms with Gasteiger partial charge in [0.2, 0.25) is 5.91 Å². The average Bonchev–Trinajstić information content (AvgIpc) is 3.13. The van der Waals surface area contributed by atoms with Gasteiger partial charge in [0.25, 0.3) is 0 Å². The number of fused-ring (bicyclic) bond motifs is 1. The van der Waals surface area contributed by atoms with Gasteiger partial charge in [-0.15, -0.1) is 11.3 Å². The summed E-state index contributed by atoms with van der Waals surface area (Å²) < 4.78 is 5.42. The Kier molecular flexibility index (Phi) is 3.75. The SMILES string of the molecule is CC(C(=O)N1C[C@H]2COCC[C@@]2(C(=O)O)C1)c1cccs1. The quantitative estimate of drug-likeness (QED) is 0.924. The Morgan fingerprint density at radius 3 is 3.00 bits per heavy atom. The molecule has 21 heavy (non-hydrogen) atoms. The van der Waals surface area contributed by atoms with Crippen molar-refractivity contribution in [3.05, 3.63) is 22.4 Å². The van der Waals surface area contributed by atoms with Crippen LogP contribution in [0.2, 0.25) is 0 Å². The number of thiophene rings is 1.